The first kappa shape index (κ1) is 20.6. The third kappa shape index (κ3) is 5.68. The van der Waals surface area contributed by atoms with Gasteiger partial charge in [0.2, 0.25) is 17.8 Å². The molecule has 0 aliphatic carbocycles. The number of aromatic nitrogens is 2. The van der Waals surface area contributed by atoms with E-state index in [2.05, 4.69) is 32.5 Å². The van der Waals surface area contributed by atoms with Crippen LogP contribution < -0.4 is 16.0 Å². The quantitative estimate of drug-likeness (QED) is 0.602. The molecular weight excluding hydrogens is 392 g/mol. The van der Waals surface area contributed by atoms with Crippen LogP contribution >= 0.6 is 11.6 Å². The lowest BCUT2D eigenvalue weighted by Gasteiger charge is -2.16. The average Bonchev–Trinajstić information content (AvgIpc) is 3.17. The number of hydrogen-bond donors (Lipinski definition) is 3. The SMILES string of the molecule is C=CC(=O)Nc1cccc(CNc2nc(N[C@@H]3CCN(C(C)=O)C3)ncc2Cl)c1. The van der Waals surface area contributed by atoms with E-state index in [0.717, 1.165) is 18.5 Å². The van der Waals surface area contributed by atoms with Gasteiger partial charge in [-0.1, -0.05) is 30.3 Å². The molecule has 29 heavy (non-hydrogen) atoms. The van der Waals surface area contributed by atoms with Crippen molar-refractivity contribution in [1.29, 1.82) is 0 Å². The van der Waals surface area contributed by atoms with Crippen LogP contribution in [0.15, 0.2) is 43.1 Å². The molecule has 1 aliphatic rings. The zero-order valence-corrected chi connectivity index (χ0v) is 16.9. The molecule has 0 unspecified atom stereocenters. The van der Waals surface area contributed by atoms with Crippen molar-refractivity contribution in [3.8, 4) is 0 Å². The van der Waals surface area contributed by atoms with Crippen molar-refractivity contribution in [2.75, 3.05) is 29.0 Å². The van der Waals surface area contributed by atoms with Crippen molar-refractivity contribution in [1.82, 2.24) is 14.9 Å². The Morgan fingerprint density at radius 3 is 2.97 bits per heavy atom. The minimum Gasteiger partial charge on any atom is -0.365 e. The monoisotopic (exact) mass is 414 g/mol. The molecule has 2 aromatic rings. The predicted molar refractivity (Wildman–Crippen MR) is 114 cm³/mol. The fourth-order valence-corrected chi connectivity index (χ4v) is 3.20. The van der Waals surface area contributed by atoms with Gasteiger partial charge in [0.25, 0.3) is 0 Å². The van der Waals surface area contributed by atoms with E-state index in [9.17, 15) is 9.59 Å². The molecule has 8 nitrogen and oxygen atoms in total. The number of nitrogens with one attached hydrogen (secondary N) is 3. The first-order valence-electron chi connectivity index (χ1n) is 9.25. The minimum atomic E-state index is -0.264. The second-order valence-electron chi connectivity index (χ2n) is 6.73. The van der Waals surface area contributed by atoms with Gasteiger partial charge < -0.3 is 20.9 Å². The molecule has 152 valence electrons. The van der Waals surface area contributed by atoms with Crippen LogP contribution in [0.1, 0.15) is 18.9 Å². The van der Waals surface area contributed by atoms with E-state index in [1.165, 1.54) is 12.3 Å². The van der Waals surface area contributed by atoms with Crippen LogP contribution in [0.4, 0.5) is 17.5 Å². The highest BCUT2D eigenvalue weighted by molar-refractivity contribution is 6.32. The first-order valence-corrected chi connectivity index (χ1v) is 9.63. The summed E-state index contributed by atoms with van der Waals surface area (Å²) >= 11 is 6.23. The van der Waals surface area contributed by atoms with Gasteiger partial charge in [0.05, 0.1) is 6.20 Å². The summed E-state index contributed by atoms with van der Waals surface area (Å²) in [6.45, 7) is 6.84. The number of carbonyl (C=O) groups is 2. The van der Waals surface area contributed by atoms with Crippen LogP contribution in [-0.2, 0) is 16.1 Å². The Bertz CT molecular complexity index is 920. The molecular formula is C20H23ClN6O2. The summed E-state index contributed by atoms with van der Waals surface area (Å²) in [5.74, 6) is 0.769. The zero-order valence-electron chi connectivity index (χ0n) is 16.1. The standard InChI is InChI=1S/C20H23ClN6O2/c1-3-18(29)24-15-6-4-5-14(9-15)10-22-19-17(21)11-23-20(26-19)25-16-7-8-27(12-16)13(2)28/h3-6,9,11,16H,1,7-8,10,12H2,2H3,(H,24,29)(H2,22,23,25,26)/t16-/m1/s1. The summed E-state index contributed by atoms with van der Waals surface area (Å²) in [5, 5.41) is 9.59. The Hall–Kier alpha value is -3.13. The van der Waals surface area contributed by atoms with Crippen LogP contribution in [0.3, 0.4) is 0 Å². The molecule has 3 rings (SSSR count). The second kappa shape index (κ2) is 9.38. The molecule has 0 spiro atoms. The van der Waals surface area contributed by atoms with Gasteiger partial charge in [-0.15, -0.1) is 0 Å². The van der Waals surface area contributed by atoms with Gasteiger partial charge in [0.15, 0.2) is 5.82 Å². The number of amides is 2. The molecule has 1 aromatic carbocycles. The van der Waals surface area contributed by atoms with E-state index in [-0.39, 0.29) is 17.9 Å². The van der Waals surface area contributed by atoms with E-state index in [4.69, 9.17) is 11.6 Å². The van der Waals surface area contributed by atoms with Crippen molar-refractivity contribution in [3.05, 3.63) is 53.7 Å². The lowest BCUT2D eigenvalue weighted by molar-refractivity contribution is -0.127. The van der Waals surface area contributed by atoms with Crippen molar-refractivity contribution >= 4 is 40.9 Å². The molecule has 2 heterocycles. The largest absolute Gasteiger partial charge is 0.365 e. The number of benzene rings is 1. The van der Waals surface area contributed by atoms with Crippen molar-refractivity contribution in [2.45, 2.75) is 25.9 Å². The average molecular weight is 415 g/mol. The predicted octanol–water partition coefficient (Wildman–Crippen LogP) is 2.90. The van der Waals surface area contributed by atoms with E-state index in [1.807, 2.05) is 18.2 Å². The van der Waals surface area contributed by atoms with Gasteiger partial charge >= 0.3 is 0 Å². The van der Waals surface area contributed by atoms with Gasteiger partial charge in [-0.3, -0.25) is 9.59 Å². The smallest absolute Gasteiger partial charge is 0.247 e. The number of carbonyl (C=O) groups excluding carboxylic acids is 2. The van der Waals surface area contributed by atoms with Crippen LogP contribution in [0.5, 0.6) is 0 Å². The van der Waals surface area contributed by atoms with Crippen molar-refractivity contribution < 1.29 is 9.59 Å². The van der Waals surface area contributed by atoms with E-state index < -0.39 is 0 Å². The molecule has 0 radical (unpaired) electrons. The Balaban J connectivity index is 1.62. The highest BCUT2D eigenvalue weighted by Gasteiger charge is 2.24. The maximum absolute atomic E-state index is 11.5. The van der Waals surface area contributed by atoms with E-state index >= 15 is 0 Å². The number of hydrogen-bond acceptors (Lipinski definition) is 6. The maximum atomic E-state index is 11.5. The molecule has 9 heteroatoms. The summed E-state index contributed by atoms with van der Waals surface area (Å²) < 4.78 is 0. The van der Waals surface area contributed by atoms with E-state index in [0.29, 0.717) is 35.6 Å². The van der Waals surface area contributed by atoms with Crippen LogP contribution in [0.25, 0.3) is 0 Å². The van der Waals surface area contributed by atoms with E-state index in [1.54, 1.807) is 17.9 Å². The zero-order chi connectivity index (χ0) is 20.8. The number of likely N-dealkylation sites (tertiary alicyclic amines) is 1. The van der Waals surface area contributed by atoms with Gasteiger partial charge in [0, 0.05) is 38.3 Å². The fourth-order valence-electron chi connectivity index (χ4n) is 3.05. The molecule has 1 saturated heterocycles. The second-order valence-corrected chi connectivity index (χ2v) is 7.14. The normalized spacial score (nSPS) is 15.7. The number of halogens is 1. The van der Waals surface area contributed by atoms with Crippen LogP contribution in [0, 0.1) is 0 Å². The summed E-state index contributed by atoms with van der Waals surface area (Å²) in [6.07, 6.45) is 3.61. The van der Waals surface area contributed by atoms with Gasteiger partial charge in [-0.25, -0.2) is 4.98 Å². The summed E-state index contributed by atoms with van der Waals surface area (Å²) in [5.41, 5.74) is 1.63. The van der Waals surface area contributed by atoms with Gasteiger partial charge in [-0.05, 0) is 30.2 Å². The van der Waals surface area contributed by atoms with Crippen molar-refractivity contribution in [3.63, 3.8) is 0 Å². The lowest BCUT2D eigenvalue weighted by Crippen LogP contribution is -2.30. The highest BCUT2D eigenvalue weighted by Crippen LogP contribution is 2.22. The topological polar surface area (TPSA) is 99.2 Å². The molecule has 1 fully saturated rings. The molecule has 1 aromatic heterocycles. The molecule has 2 amide bonds. The van der Waals surface area contributed by atoms with Crippen molar-refractivity contribution in [2.24, 2.45) is 0 Å². The third-order valence-electron chi connectivity index (χ3n) is 4.55. The Labute approximate surface area is 174 Å². The first-order chi connectivity index (χ1) is 13.9. The Kier molecular flexibility index (Phi) is 6.66. The molecule has 3 N–H and O–H groups in total. The van der Waals surface area contributed by atoms with Crippen LogP contribution in [0.2, 0.25) is 5.02 Å². The molecule has 0 bridgehead atoms. The van der Waals surface area contributed by atoms with Gasteiger partial charge in [0.1, 0.15) is 5.02 Å². The Morgan fingerprint density at radius 1 is 1.41 bits per heavy atom. The maximum Gasteiger partial charge on any atom is 0.247 e. The molecule has 1 aliphatic heterocycles. The molecule has 0 saturated carbocycles. The lowest BCUT2D eigenvalue weighted by atomic mass is 10.2. The fraction of sp³-hybridized carbons (Fsp3) is 0.300. The third-order valence-corrected chi connectivity index (χ3v) is 4.83. The molecule has 1 atom stereocenters. The minimum absolute atomic E-state index is 0.0696. The Morgan fingerprint density at radius 2 is 2.24 bits per heavy atom. The number of anilines is 3. The number of nitrogens with zero attached hydrogens (tertiary/aromatic N) is 3. The van der Waals surface area contributed by atoms with Gasteiger partial charge in [-0.2, -0.15) is 4.98 Å². The summed E-state index contributed by atoms with van der Waals surface area (Å²) in [4.78, 5) is 33.4. The van der Waals surface area contributed by atoms with Crippen LogP contribution in [-0.4, -0.2) is 45.8 Å². The number of rotatable bonds is 7. The highest BCUT2D eigenvalue weighted by atomic mass is 35.5. The summed E-state index contributed by atoms with van der Waals surface area (Å²) in [6, 6.07) is 7.55. The summed E-state index contributed by atoms with van der Waals surface area (Å²) in [7, 11) is 0.